The van der Waals surface area contributed by atoms with Gasteiger partial charge >= 0.3 is 5.97 Å². The summed E-state index contributed by atoms with van der Waals surface area (Å²) >= 11 is 1.45. The van der Waals surface area contributed by atoms with E-state index in [9.17, 15) is 9.59 Å². The second-order valence-corrected chi connectivity index (χ2v) is 7.47. The van der Waals surface area contributed by atoms with Crippen LogP contribution in [0.1, 0.15) is 31.7 Å². The number of ether oxygens (including phenoxy) is 1. The van der Waals surface area contributed by atoms with E-state index in [1.165, 1.54) is 24.3 Å². The van der Waals surface area contributed by atoms with E-state index in [-0.39, 0.29) is 5.91 Å². The Balaban J connectivity index is 2.03. The van der Waals surface area contributed by atoms with Crippen LogP contribution in [0.3, 0.4) is 0 Å². The minimum atomic E-state index is -0.797. The van der Waals surface area contributed by atoms with E-state index in [4.69, 9.17) is 4.74 Å². The smallest absolute Gasteiger partial charge is 0.333 e. The lowest BCUT2D eigenvalue weighted by molar-refractivity contribution is -0.137. The van der Waals surface area contributed by atoms with Crippen LogP contribution in [-0.4, -0.2) is 48.4 Å². The molecule has 2 aliphatic rings. The molecular weight excluding hydrogens is 336 g/mol. The summed E-state index contributed by atoms with van der Waals surface area (Å²) in [5.41, 5.74) is 0.964. The average Bonchev–Trinajstić information content (AvgIpc) is 2.89. The maximum Gasteiger partial charge on any atom is 0.333 e. The normalized spacial score (nSPS) is 26.2. The van der Waals surface area contributed by atoms with Crippen molar-refractivity contribution in [1.29, 1.82) is 0 Å². The molecule has 1 unspecified atom stereocenters. The second-order valence-electron chi connectivity index (χ2n) is 6.26. The van der Waals surface area contributed by atoms with Crippen LogP contribution in [0.2, 0.25) is 0 Å². The first-order valence-electron chi connectivity index (χ1n) is 8.75. The number of hydrogen-bond donors (Lipinski definition) is 0. The fourth-order valence-electron chi connectivity index (χ4n) is 3.44. The lowest BCUT2D eigenvalue weighted by Crippen LogP contribution is -2.51. The zero-order valence-electron chi connectivity index (χ0n) is 14.7. The van der Waals surface area contributed by atoms with Crippen LogP contribution >= 0.6 is 11.8 Å². The highest BCUT2D eigenvalue weighted by molar-refractivity contribution is 8.05. The van der Waals surface area contributed by atoms with E-state index in [1.807, 2.05) is 30.3 Å². The van der Waals surface area contributed by atoms with E-state index in [1.54, 1.807) is 18.9 Å². The topological polar surface area (TPSA) is 49.9 Å². The Morgan fingerprint density at radius 2 is 1.92 bits per heavy atom. The maximum absolute atomic E-state index is 13.3. The summed E-state index contributed by atoms with van der Waals surface area (Å²) in [5, 5.41) is 0.637. The molecule has 2 saturated heterocycles. The third-order valence-corrected chi connectivity index (χ3v) is 6.24. The van der Waals surface area contributed by atoms with Gasteiger partial charge in [-0.25, -0.2) is 4.79 Å². The third-order valence-electron chi connectivity index (χ3n) is 4.67. The summed E-state index contributed by atoms with van der Waals surface area (Å²) in [6.45, 7) is 3.86. The zero-order valence-corrected chi connectivity index (χ0v) is 15.6. The number of carbonyl (C=O) groups is 2. The van der Waals surface area contributed by atoms with E-state index < -0.39 is 10.8 Å². The quantitative estimate of drug-likeness (QED) is 0.610. The van der Waals surface area contributed by atoms with Crippen LogP contribution in [0.5, 0.6) is 0 Å². The van der Waals surface area contributed by atoms with Crippen molar-refractivity contribution in [2.75, 3.05) is 26.7 Å². The first-order valence-corrected chi connectivity index (χ1v) is 9.57. The number of thioether (sulfide) groups is 1. The van der Waals surface area contributed by atoms with Gasteiger partial charge in [0.15, 0.2) is 4.87 Å². The van der Waals surface area contributed by atoms with Crippen molar-refractivity contribution in [3.8, 4) is 0 Å². The summed E-state index contributed by atoms with van der Waals surface area (Å²) in [6, 6.07) is 9.88. The Labute approximate surface area is 153 Å². The number of esters is 1. The van der Waals surface area contributed by atoms with E-state index in [2.05, 4.69) is 4.90 Å². The Kier molecular flexibility index (Phi) is 5.49. The molecule has 2 aliphatic heterocycles. The van der Waals surface area contributed by atoms with Gasteiger partial charge in [-0.3, -0.25) is 9.69 Å². The van der Waals surface area contributed by atoms with E-state index >= 15 is 0 Å². The molecule has 0 spiro atoms. The lowest BCUT2D eigenvalue weighted by Gasteiger charge is -2.40. The molecule has 2 fully saturated rings. The fourth-order valence-corrected chi connectivity index (χ4v) is 4.91. The Morgan fingerprint density at radius 1 is 1.24 bits per heavy atom. The Bertz CT molecular complexity index is 671. The molecule has 0 aromatic heterocycles. The van der Waals surface area contributed by atoms with Gasteiger partial charge in [-0.15, -0.1) is 0 Å². The predicted octanol–water partition coefficient (Wildman–Crippen LogP) is 2.94. The number of piperidine rings is 1. The molecule has 0 N–H and O–H groups in total. The predicted molar refractivity (Wildman–Crippen MR) is 98.6 cm³/mol. The van der Waals surface area contributed by atoms with Gasteiger partial charge in [-0.05, 0) is 25.3 Å². The lowest BCUT2D eigenvalue weighted by atomic mass is 10.00. The van der Waals surface area contributed by atoms with Crippen molar-refractivity contribution in [1.82, 2.24) is 9.80 Å². The standard InChI is InChI=1S/C19H24N2O3S/c1-3-24-17(22)14-16-20(2)18(23)19(25-16,15-10-6-4-7-11-15)21-12-8-5-9-13-21/h4,6-7,10-11,14H,3,5,8-9,12-13H2,1-2H3. The van der Waals surface area contributed by atoms with Gasteiger partial charge in [0, 0.05) is 20.1 Å². The Morgan fingerprint density at radius 3 is 2.56 bits per heavy atom. The maximum atomic E-state index is 13.3. The summed E-state index contributed by atoms with van der Waals surface area (Å²) in [6.07, 6.45) is 4.80. The molecule has 0 saturated carbocycles. The molecule has 5 nitrogen and oxygen atoms in total. The number of nitrogens with zero attached hydrogens (tertiary/aromatic N) is 2. The minimum absolute atomic E-state index is 0.00106. The van der Waals surface area contributed by atoms with Crippen LogP contribution in [0.25, 0.3) is 0 Å². The molecule has 1 aromatic carbocycles. The molecule has 1 atom stereocenters. The average molecular weight is 360 g/mol. The highest BCUT2D eigenvalue weighted by Crippen LogP contribution is 2.52. The van der Waals surface area contributed by atoms with Crippen molar-refractivity contribution in [3.05, 3.63) is 47.0 Å². The number of benzene rings is 1. The number of hydrogen-bond acceptors (Lipinski definition) is 5. The molecule has 1 amide bonds. The molecule has 2 heterocycles. The molecule has 134 valence electrons. The molecule has 0 radical (unpaired) electrons. The summed E-state index contributed by atoms with van der Waals surface area (Å²) in [5.74, 6) is -0.409. The van der Waals surface area contributed by atoms with Crippen molar-refractivity contribution in [3.63, 3.8) is 0 Å². The number of rotatable bonds is 4. The van der Waals surface area contributed by atoms with Crippen molar-refractivity contribution >= 4 is 23.6 Å². The zero-order chi connectivity index (χ0) is 17.9. The van der Waals surface area contributed by atoms with Gasteiger partial charge in [-0.2, -0.15) is 0 Å². The SMILES string of the molecule is CCOC(=O)C=C1SC(c2ccccc2)(N2CCCCC2)C(=O)N1C. The molecule has 0 bridgehead atoms. The van der Waals surface area contributed by atoms with Crippen molar-refractivity contribution in [2.45, 2.75) is 31.1 Å². The number of likely N-dealkylation sites (tertiary alicyclic amines) is 1. The van der Waals surface area contributed by atoms with Crippen LogP contribution in [-0.2, 0) is 19.2 Å². The fraction of sp³-hybridized carbons (Fsp3) is 0.474. The minimum Gasteiger partial charge on any atom is -0.463 e. The van der Waals surface area contributed by atoms with E-state index in [0.29, 0.717) is 11.6 Å². The van der Waals surface area contributed by atoms with E-state index in [0.717, 1.165) is 31.5 Å². The molecule has 0 aliphatic carbocycles. The number of likely N-dealkylation sites (N-methyl/N-ethyl adjacent to an activating group) is 1. The van der Waals surface area contributed by atoms with Gasteiger partial charge in [0.25, 0.3) is 5.91 Å². The summed E-state index contributed by atoms with van der Waals surface area (Å²) in [4.78, 5) is 28.3. The third kappa shape index (κ3) is 3.33. The summed E-state index contributed by atoms with van der Waals surface area (Å²) in [7, 11) is 1.73. The summed E-state index contributed by atoms with van der Waals surface area (Å²) < 4.78 is 5.03. The van der Waals surface area contributed by atoms with Crippen LogP contribution in [0, 0.1) is 0 Å². The molecule has 1 aromatic rings. The highest BCUT2D eigenvalue weighted by Gasteiger charge is 2.54. The Hall–Kier alpha value is -1.79. The van der Waals surface area contributed by atoms with Gasteiger partial charge in [0.1, 0.15) is 0 Å². The molecular formula is C19H24N2O3S. The first kappa shape index (κ1) is 18.0. The second kappa shape index (κ2) is 7.62. The van der Waals surface area contributed by atoms with Gasteiger partial charge < -0.3 is 9.64 Å². The van der Waals surface area contributed by atoms with Gasteiger partial charge in [0.2, 0.25) is 0 Å². The first-order chi connectivity index (χ1) is 12.1. The van der Waals surface area contributed by atoms with Crippen LogP contribution in [0.4, 0.5) is 0 Å². The van der Waals surface area contributed by atoms with Crippen molar-refractivity contribution in [2.24, 2.45) is 0 Å². The molecule has 3 rings (SSSR count). The van der Waals surface area contributed by atoms with Crippen LogP contribution < -0.4 is 0 Å². The van der Waals surface area contributed by atoms with Gasteiger partial charge in [0.05, 0.1) is 17.7 Å². The number of amides is 1. The number of carbonyl (C=O) groups excluding carboxylic acids is 2. The van der Waals surface area contributed by atoms with Gasteiger partial charge in [-0.1, -0.05) is 48.5 Å². The highest BCUT2D eigenvalue weighted by atomic mass is 32.2. The van der Waals surface area contributed by atoms with Crippen molar-refractivity contribution < 1.29 is 14.3 Å². The van der Waals surface area contributed by atoms with Crippen LogP contribution in [0.15, 0.2) is 41.4 Å². The molecule has 25 heavy (non-hydrogen) atoms. The largest absolute Gasteiger partial charge is 0.463 e. The monoisotopic (exact) mass is 360 g/mol. The molecule has 6 heteroatoms.